The third-order valence-corrected chi connectivity index (χ3v) is 3.55. The smallest absolute Gasteiger partial charge is 0.227 e. The Labute approximate surface area is 103 Å². The van der Waals surface area contributed by atoms with Crippen LogP contribution >= 0.6 is 0 Å². The van der Waals surface area contributed by atoms with E-state index in [1.165, 1.54) is 19.3 Å². The number of aromatic nitrogens is 1. The summed E-state index contributed by atoms with van der Waals surface area (Å²) in [5.41, 5.74) is 1.04. The minimum absolute atomic E-state index is 0.0834. The van der Waals surface area contributed by atoms with E-state index in [1.807, 2.05) is 19.1 Å². The van der Waals surface area contributed by atoms with Crippen LogP contribution in [0.4, 0.5) is 0 Å². The molecule has 1 unspecified atom stereocenters. The van der Waals surface area contributed by atoms with Crippen molar-refractivity contribution in [1.29, 1.82) is 0 Å². The highest BCUT2D eigenvalue weighted by atomic mass is 16.1. The Bertz CT molecular complexity index is 358. The van der Waals surface area contributed by atoms with Crippen molar-refractivity contribution in [3.05, 3.63) is 30.1 Å². The SMILES string of the molecule is CC(C(=O)NC1CCCCC1)c1ccncc1. The first-order valence-corrected chi connectivity index (χ1v) is 6.47. The average Bonchev–Trinajstić information content (AvgIpc) is 2.40. The highest BCUT2D eigenvalue weighted by Gasteiger charge is 2.20. The molecule has 1 heterocycles. The fraction of sp³-hybridized carbons (Fsp3) is 0.571. The van der Waals surface area contributed by atoms with Crippen molar-refractivity contribution in [3.8, 4) is 0 Å². The molecule has 1 atom stereocenters. The maximum Gasteiger partial charge on any atom is 0.227 e. The first kappa shape index (κ1) is 12.1. The minimum Gasteiger partial charge on any atom is -0.353 e. The fourth-order valence-electron chi connectivity index (χ4n) is 2.38. The van der Waals surface area contributed by atoms with Crippen LogP contribution in [-0.4, -0.2) is 16.9 Å². The molecule has 0 spiro atoms. The van der Waals surface area contributed by atoms with Crippen molar-refractivity contribution in [2.24, 2.45) is 0 Å². The highest BCUT2D eigenvalue weighted by molar-refractivity contribution is 5.83. The molecule has 1 N–H and O–H groups in total. The molecule has 0 bridgehead atoms. The molecule has 1 fully saturated rings. The predicted octanol–water partition coefficient (Wildman–Crippen LogP) is 2.63. The number of carbonyl (C=O) groups is 1. The number of pyridine rings is 1. The molecule has 0 saturated heterocycles. The van der Waals surface area contributed by atoms with Crippen molar-refractivity contribution in [2.75, 3.05) is 0 Å². The average molecular weight is 232 g/mol. The molecule has 92 valence electrons. The zero-order valence-corrected chi connectivity index (χ0v) is 10.4. The lowest BCUT2D eigenvalue weighted by Gasteiger charge is -2.24. The van der Waals surface area contributed by atoms with Gasteiger partial charge in [0.1, 0.15) is 0 Å². The summed E-state index contributed by atoms with van der Waals surface area (Å²) in [4.78, 5) is 16.1. The van der Waals surface area contributed by atoms with E-state index >= 15 is 0 Å². The van der Waals surface area contributed by atoms with Crippen LogP contribution in [-0.2, 0) is 4.79 Å². The Morgan fingerprint density at radius 2 is 1.94 bits per heavy atom. The molecule has 1 saturated carbocycles. The molecule has 0 aromatic carbocycles. The summed E-state index contributed by atoms with van der Waals surface area (Å²) in [5, 5.41) is 3.16. The van der Waals surface area contributed by atoms with Crippen LogP contribution in [0, 0.1) is 0 Å². The van der Waals surface area contributed by atoms with Gasteiger partial charge in [-0.2, -0.15) is 0 Å². The van der Waals surface area contributed by atoms with Gasteiger partial charge >= 0.3 is 0 Å². The van der Waals surface area contributed by atoms with E-state index in [0.29, 0.717) is 6.04 Å². The first-order chi connectivity index (χ1) is 8.27. The summed E-state index contributed by atoms with van der Waals surface area (Å²) in [7, 11) is 0. The van der Waals surface area contributed by atoms with Gasteiger partial charge < -0.3 is 5.32 Å². The lowest BCUT2D eigenvalue weighted by molar-refractivity contribution is -0.123. The van der Waals surface area contributed by atoms with Gasteiger partial charge in [-0.1, -0.05) is 19.3 Å². The van der Waals surface area contributed by atoms with Crippen molar-refractivity contribution < 1.29 is 4.79 Å². The zero-order valence-electron chi connectivity index (χ0n) is 10.4. The van der Waals surface area contributed by atoms with Crippen LogP contribution in [0.3, 0.4) is 0 Å². The van der Waals surface area contributed by atoms with E-state index in [4.69, 9.17) is 0 Å². The molecule has 0 aliphatic heterocycles. The topological polar surface area (TPSA) is 42.0 Å². The number of carbonyl (C=O) groups excluding carboxylic acids is 1. The predicted molar refractivity (Wildman–Crippen MR) is 67.7 cm³/mol. The van der Waals surface area contributed by atoms with Crippen LogP contribution in [0.15, 0.2) is 24.5 Å². The molecule has 2 rings (SSSR count). The van der Waals surface area contributed by atoms with E-state index in [2.05, 4.69) is 10.3 Å². The van der Waals surface area contributed by atoms with Crippen molar-refractivity contribution >= 4 is 5.91 Å². The summed E-state index contributed by atoms with van der Waals surface area (Å²) < 4.78 is 0. The van der Waals surface area contributed by atoms with Gasteiger partial charge in [0.25, 0.3) is 0 Å². The Kier molecular flexibility index (Phi) is 4.13. The monoisotopic (exact) mass is 232 g/mol. The van der Waals surface area contributed by atoms with Crippen LogP contribution in [0.5, 0.6) is 0 Å². The Hall–Kier alpha value is -1.38. The number of nitrogens with one attached hydrogen (secondary N) is 1. The van der Waals surface area contributed by atoms with Crippen molar-refractivity contribution in [2.45, 2.75) is 51.0 Å². The second-order valence-corrected chi connectivity index (χ2v) is 4.85. The van der Waals surface area contributed by atoms with Gasteiger partial charge in [0.15, 0.2) is 0 Å². The minimum atomic E-state index is -0.0834. The Morgan fingerprint density at radius 3 is 2.59 bits per heavy atom. The van der Waals surface area contributed by atoms with Gasteiger partial charge in [-0.05, 0) is 37.5 Å². The quantitative estimate of drug-likeness (QED) is 0.870. The van der Waals surface area contributed by atoms with E-state index in [9.17, 15) is 4.79 Å². The summed E-state index contributed by atoms with van der Waals surface area (Å²) in [6, 6.07) is 4.21. The van der Waals surface area contributed by atoms with Gasteiger partial charge in [-0.25, -0.2) is 0 Å². The molecule has 1 aromatic heterocycles. The second kappa shape index (κ2) is 5.80. The van der Waals surface area contributed by atoms with Gasteiger partial charge in [-0.15, -0.1) is 0 Å². The second-order valence-electron chi connectivity index (χ2n) is 4.85. The van der Waals surface area contributed by atoms with E-state index < -0.39 is 0 Å². The summed E-state index contributed by atoms with van der Waals surface area (Å²) in [6.45, 7) is 1.95. The molecule has 17 heavy (non-hydrogen) atoms. The van der Waals surface area contributed by atoms with Crippen molar-refractivity contribution in [1.82, 2.24) is 10.3 Å². The van der Waals surface area contributed by atoms with E-state index in [0.717, 1.165) is 18.4 Å². The maximum absolute atomic E-state index is 12.1. The maximum atomic E-state index is 12.1. The van der Waals surface area contributed by atoms with Gasteiger partial charge in [-0.3, -0.25) is 9.78 Å². The number of rotatable bonds is 3. The molecule has 3 nitrogen and oxygen atoms in total. The first-order valence-electron chi connectivity index (χ1n) is 6.47. The van der Waals surface area contributed by atoms with Crippen LogP contribution in [0.2, 0.25) is 0 Å². The normalized spacial score (nSPS) is 18.6. The fourth-order valence-corrected chi connectivity index (χ4v) is 2.38. The lowest BCUT2D eigenvalue weighted by Crippen LogP contribution is -2.38. The van der Waals surface area contributed by atoms with E-state index in [1.54, 1.807) is 12.4 Å². The van der Waals surface area contributed by atoms with Crippen molar-refractivity contribution in [3.63, 3.8) is 0 Å². The Morgan fingerprint density at radius 1 is 1.29 bits per heavy atom. The number of hydrogen-bond donors (Lipinski definition) is 1. The molecule has 1 amide bonds. The molecule has 1 aromatic rings. The molecule has 0 radical (unpaired) electrons. The van der Waals surface area contributed by atoms with Crippen LogP contribution in [0.25, 0.3) is 0 Å². The van der Waals surface area contributed by atoms with Gasteiger partial charge in [0.2, 0.25) is 5.91 Å². The number of hydrogen-bond acceptors (Lipinski definition) is 2. The molecule has 1 aliphatic rings. The highest BCUT2D eigenvalue weighted by Crippen LogP contribution is 2.19. The standard InChI is InChI=1S/C14H20N2O/c1-11(12-7-9-15-10-8-12)14(17)16-13-5-3-2-4-6-13/h7-11,13H,2-6H2,1H3,(H,16,17). The summed E-state index contributed by atoms with van der Waals surface area (Å²) >= 11 is 0. The zero-order chi connectivity index (χ0) is 12.1. The summed E-state index contributed by atoms with van der Waals surface area (Å²) in [6.07, 6.45) is 9.54. The largest absolute Gasteiger partial charge is 0.353 e. The lowest BCUT2D eigenvalue weighted by atomic mass is 9.94. The van der Waals surface area contributed by atoms with Gasteiger partial charge in [0.05, 0.1) is 5.92 Å². The Balaban J connectivity index is 1.91. The number of amides is 1. The van der Waals surface area contributed by atoms with Gasteiger partial charge in [0, 0.05) is 18.4 Å². The van der Waals surface area contributed by atoms with Crippen LogP contribution < -0.4 is 5.32 Å². The molecular formula is C14H20N2O. The molecular weight excluding hydrogens is 212 g/mol. The van der Waals surface area contributed by atoms with E-state index in [-0.39, 0.29) is 11.8 Å². The third kappa shape index (κ3) is 3.29. The van der Waals surface area contributed by atoms with Crippen LogP contribution in [0.1, 0.15) is 50.5 Å². The third-order valence-electron chi connectivity index (χ3n) is 3.55. The number of nitrogens with zero attached hydrogens (tertiary/aromatic N) is 1. The molecule has 3 heteroatoms. The molecule has 1 aliphatic carbocycles. The summed E-state index contributed by atoms with van der Waals surface area (Å²) in [5.74, 6) is 0.0584.